The fraction of sp³-hybridized carbons (Fsp3) is 0.263. The van der Waals surface area contributed by atoms with Crippen molar-refractivity contribution in [2.75, 3.05) is 25.6 Å². The maximum absolute atomic E-state index is 12.3. The van der Waals surface area contributed by atoms with E-state index in [9.17, 15) is 18.0 Å². The minimum absolute atomic E-state index is 0.105. The summed E-state index contributed by atoms with van der Waals surface area (Å²) >= 11 is 0. The van der Waals surface area contributed by atoms with Crippen molar-refractivity contribution in [3.63, 3.8) is 0 Å². The lowest BCUT2D eigenvalue weighted by molar-refractivity contribution is -0.131. The molecule has 0 spiro atoms. The van der Waals surface area contributed by atoms with Gasteiger partial charge in [-0.15, -0.1) is 0 Å². The smallest absolute Gasteiger partial charge is 0.308 e. The number of sulfonamides is 1. The average Bonchev–Trinajstić information content (AvgIpc) is 2.66. The highest BCUT2D eigenvalue weighted by molar-refractivity contribution is 7.89. The molecule has 2 aromatic carbocycles. The second-order valence-corrected chi connectivity index (χ2v) is 7.61. The lowest BCUT2D eigenvalue weighted by Crippen LogP contribution is -2.25. The topological polar surface area (TPSA) is 111 Å². The Labute approximate surface area is 163 Å². The Morgan fingerprint density at radius 3 is 2.21 bits per heavy atom. The molecule has 0 saturated heterocycles. The molecule has 0 aromatic heterocycles. The molecule has 0 aliphatic heterocycles. The normalized spacial score (nSPS) is 11.1. The number of methoxy groups -OCH3 is 1. The third-order valence-corrected chi connectivity index (χ3v) is 5.09. The number of carbonyl (C=O) groups excluding carboxylic acids is 2. The Hall–Kier alpha value is -2.75. The molecule has 2 rings (SSSR count). The van der Waals surface area contributed by atoms with Gasteiger partial charge in [-0.25, -0.2) is 13.1 Å². The number of hydrogen-bond donors (Lipinski definition) is 2. The molecule has 0 heterocycles. The number of ether oxygens (including phenoxy) is 2. The van der Waals surface area contributed by atoms with Gasteiger partial charge >= 0.3 is 5.97 Å². The van der Waals surface area contributed by atoms with Crippen molar-refractivity contribution in [2.24, 2.45) is 0 Å². The van der Waals surface area contributed by atoms with E-state index in [2.05, 4.69) is 10.0 Å². The van der Waals surface area contributed by atoms with Crippen molar-refractivity contribution < 1.29 is 27.5 Å². The van der Waals surface area contributed by atoms with Crippen LogP contribution in [0.15, 0.2) is 53.4 Å². The molecule has 28 heavy (non-hydrogen) atoms. The first-order valence-electron chi connectivity index (χ1n) is 8.50. The van der Waals surface area contributed by atoms with Crippen molar-refractivity contribution >= 4 is 27.6 Å². The van der Waals surface area contributed by atoms with Gasteiger partial charge < -0.3 is 14.8 Å². The predicted octanol–water partition coefficient (Wildman–Crippen LogP) is 2.18. The molecule has 0 aliphatic rings. The zero-order valence-electron chi connectivity index (χ0n) is 15.6. The molecule has 0 unspecified atom stereocenters. The van der Waals surface area contributed by atoms with Crippen molar-refractivity contribution in [1.82, 2.24) is 4.72 Å². The number of anilines is 1. The summed E-state index contributed by atoms with van der Waals surface area (Å²) in [5.41, 5.74) is 0.819. The van der Waals surface area contributed by atoms with Gasteiger partial charge in [-0.3, -0.25) is 9.59 Å². The van der Waals surface area contributed by atoms with E-state index < -0.39 is 16.0 Å². The molecule has 0 bridgehead atoms. The molecule has 2 N–H and O–H groups in total. The van der Waals surface area contributed by atoms with Gasteiger partial charge in [0, 0.05) is 38.4 Å². The molecule has 8 nitrogen and oxygen atoms in total. The summed E-state index contributed by atoms with van der Waals surface area (Å²) in [7, 11) is -2.06. The van der Waals surface area contributed by atoms with Gasteiger partial charge in [-0.1, -0.05) is 0 Å². The molecule has 150 valence electrons. The van der Waals surface area contributed by atoms with E-state index in [0.29, 0.717) is 30.0 Å². The van der Waals surface area contributed by atoms with Crippen molar-refractivity contribution in [1.29, 1.82) is 0 Å². The first kappa shape index (κ1) is 21.5. The van der Waals surface area contributed by atoms with Crippen LogP contribution in [0, 0.1) is 0 Å². The summed E-state index contributed by atoms with van der Waals surface area (Å²) in [4.78, 5) is 23.3. The number of carbonyl (C=O) groups is 2. The molecule has 2 aromatic rings. The number of hydrogen-bond acceptors (Lipinski definition) is 6. The third kappa shape index (κ3) is 6.45. The summed E-state index contributed by atoms with van der Waals surface area (Å²) in [5, 5.41) is 2.68. The minimum atomic E-state index is -3.61. The van der Waals surface area contributed by atoms with Crippen LogP contribution in [0.4, 0.5) is 5.69 Å². The summed E-state index contributed by atoms with van der Waals surface area (Å²) in [5.74, 6) is -0.472. The van der Waals surface area contributed by atoms with E-state index in [1.807, 2.05) is 0 Å². The molecule has 0 atom stereocenters. The zero-order valence-corrected chi connectivity index (χ0v) is 16.4. The monoisotopic (exact) mass is 406 g/mol. The largest absolute Gasteiger partial charge is 0.427 e. The van der Waals surface area contributed by atoms with Crippen LogP contribution >= 0.6 is 0 Å². The third-order valence-electron chi connectivity index (χ3n) is 3.62. The maximum Gasteiger partial charge on any atom is 0.308 e. The van der Waals surface area contributed by atoms with E-state index >= 15 is 0 Å². The minimum Gasteiger partial charge on any atom is -0.427 e. The standard InChI is InChI=1S/C19H22N2O6S/c1-14(22)27-17-8-4-15(5-9-17)19(23)21-16-6-10-18(11-7-16)28(24,25)20-12-3-13-26-2/h4-11,20H,3,12-13H2,1-2H3,(H,21,23). The van der Waals surface area contributed by atoms with Crippen LogP contribution in [0.5, 0.6) is 5.75 Å². The van der Waals surface area contributed by atoms with Crippen molar-refractivity contribution in [3.8, 4) is 5.75 Å². The van der Waals surface area contributed by atoms with Crippen LogP contribution in [0.3, 0.4) is 0 Å². The molecule has 9 heteroatoms. The van der Waals surface area contributed by atoms with Gasteiger partial charge in [0.1, 0.15) is 5.75 Å². The zero-order chi connectivity index (χ0) is 20.6. The highest BCUT2D eigenvalue weighted by Gasteiger charge is 2.14. The van der Waals surface area contributed by atoms with Crippen LogP contribution in [-0.4, -0.2) is 40.6 Å². The van der Waals surface area contributed by atoms with Crippen LogP contribution in [-0.2, 0) is 19.6 Å². The predicted molar refractivity (Wildman–Crippen MR) is 104 cm³/mol. The average molecular weight is 406 g/mol. The van der Waals surface area contributed by atoms with E-state index in [0.717, 1.165) is 0 Å². The number of amides is 1. The number of rotatable bonds is 9. The molecular weight excluding hydrogens is 384 g/mol. The Kier molecular flexibility index (Phi) is 7.68. The van der Waals surface area contributed by atoms with Gasteiger partial charge in [-0.05, 0) is 55.0 Å². The first-order chi connectivity index (χ1) is 13.3. The fourth-order valence-corrected chi connectivity index (χ4v) is 3.34. The van der Waals surface area contributed by atoms with Crippen LogP contribution in [0.2, 0.25) is 0 Å². The number of esters is 1. The molecule has 0 aliphatic carbocycles. The Bertz CT molecular complexity index is 908. The second kappa shape index (κ2) is 9.98. The first-order valence-corrected chi connectivity index (χ1v) is 9.98. The van der Waals surface area contributed by atoms with Crippen LogP contribution in [0.1, 0.15) is 23.7 Å². The summed E-state index contributed by atoms with van der Waals surface area (Å²) in [6.07, 6.45) is 0.570. The maximum atomic E-state index is 12.3. The molecule has 0 radical (unpaired) electrons. The van der Waals surface area contributed by atoms with Gasteiger partial charge in [0.05, 0.1) is 4.90 Å². The van der Waals surface area contributed by atoms with E-state index in [1.165, 1.54) is 55.5 Å². The van der Waals surface area contributed by atoms with Gasteiger partial charge in [-0.2, -0.15) is 0 Å². The van der Waals surface area contributed by atoms with Crippen molar-refractivity contribution in [3.05, 3.63) is 54.1 Å². The molecule has 1 amide bonds. The lowest BCUT2D eigenvalue weighted by Gasteiger charge is -2.09. The Morgan fingerprint density at radius 2 is 1.64 bits per heavy atom. The Balaban J connectivity index is 1.97. The molecular formula is C19H22N2O6S. The van der Waals surface area contributed by atoms with Crippen molar-refractivity contribution in [2.45, 2.75) is 18.2 Å². The Morgan fingerprint density at radius 1 is 1.00 bits per heavy atom. The fourth-order valence-electron chi connectivity index (χ4n) is 2.27. The van der Waals surface area contributed by atoms with Gasteiger partial charge in [0.25, 0.3) is 5.91 Å². The van der Waals surface area contributed by atoms with Gasteiger partial charge in [0.15, 0.2) is 0 Å². The van der Waals surface area contributed by atoms with Crippen LogP contribution < -0.4 is 14.8 Å². The highest BCUT2D eigenvalue weighted by Crippen LogP contribution is 2.17. The molecule has 0 saturated carbocycles. The lowest BCUT2D eigenvalue weighted by atomic mass is 10.2. The SMILES string of the molecule is COCCCNS(=O)(=O)c1ccc(NC(=O)c2ccc(OC(C)=O)cc2)cc1. The van der Waals surface area contributed by atoms with Crippen LogP contribution in [0.25, 0.3) is 0 Å². The summed E-state index contributed by atoms with van der Waals surface area (Å²) < 4.78 is 36.6. The highest BCUT2D eigenvalue weighted by atomic mass is 32.2. The quantitative estimate of drug-likeness (QED) is 0.375. The molecule has 0 fully saturated rings. The summed E-state index contributed by atoms with van der Waals surface area (Å²) in [6, 6.07) is 11.9. The van der Waals surface area contributed by atoms with E-state index in [-0.39, 0.29) is 17.3 Å². The second-order valence-electron chi connectivity index (χ2n) is 5.84. The number of benzene rings is 2. The van der Waals surface area contributed by atoms with E-state index in [4.69, 9.17) is 9.47 Å². The van der Waals surface area contributed by atoms with E-state index in [1.54, 1.807) is 7.11 Å². The number of nitrogens with one attached hydrogen (secondary N) is 2. The van der Waals surface area contributed by atoms with Gasteiger partial charge in [0.2, 0.25) is 10.0 Å². The summed E-state index contributed by atoms with van der Waals surface area (Å²) in [6.45, 7) is 2.03.